The van der Waals surface area contributed by atoms with Crippen LogP contribution >= 0.6 is 0 Å². The Morgan fingerprint density at radius 2 is 1.83 bits per heavy atom. The summed E-state index contributed by atoms with van der Waals surface area (Å²) in [6.07, 6.45) is 1.89. The van der Waals surface area contributed by atoms with Gasteiger partial charge in [-0.05, 0) is 37.6 Å². The minimum absolute atomic E-state index is 0.239. The largest absolute Gasteiger partial charge is 0.373 e. The van der Waals surface area contributed by atoms with Crippen LogP contribution in [0.15, 0.2) is 24.3 Å². The van der Waals surface area contributed by atoms with Gasteiger partial charge in [0.05, 0.1) is 0 Å². The lowest BCUT2D eigenvalue weighted by molar-refractivity contribution is -0.135. The van der Waals surface area contributed by atoms with Crippen molar-refractivity contribution in [2.75, 3.05) is 44.4 Å². The van der Waals surface area contributed by atoms with E-state index in [1.54, 1.807) is 4.90 Å². The zero-order valence-corrected chi connectivity index (χ0v) is 15.1. The molecule has 2 heterocycles. The Balaban J connectivity index is 1.94. The van der Waals surface area contributed by atoms with Crippen molar-refractivity contribution in [1.29, 1.82) is 0 Å². The number of amides is 1. The number of fused-ring (bicyclic) bond motifs is 1. The lowest BCUT2D eigenvalue weighted by Crippen LogP contribution is -2.58. The number of sulfone groups is 1. The summed E-state index contributed by atoms with van der Waals surface area (Å²) in [4.78, 5) is 17.1. The van der Waals surface area contributed by atoms with Crippen LogP contribution in [0.25, 0.3) is 0 Å². The predicted molar refractivity (Wildman–Crippen MR) is 94.8 cm³/mol. The summed E-state index contributed by atoms with van der Waals surface area (Å²) in [5.41, 5.74) is 2.16. The minimum atomic E-state index is -3.48. The average Bonchev–Trinajstić information content (AvgIpc) is 2.73. The molecule has 0 atom stereocenters. The van der Waals surface area contributed by atoms with E-state index < -0.39 is 14.6 Å². The highest BCUT2D eigenvalue weighted by molar-refractivity contribution is 7.92. The molecule has 2 aliphatic rings. The molecule has 2 aliphatic heterocycles. The zero-order valence-electron chi connectivity index (χ0n) is 14.3. The molecule has 1 amide bonds. The van der Waals surface area contributed by atoms with Crippen molar-refractivity contribution < 1.29 is 13.2 Å². The molecule has 1 aromatic rings. The number of carbonyl (C=O) groups excluding carboxylic acids is 1. The van der Waals surface area contributed by atoms with E-state index in [0.29, 0.717) is 45.6 Å². The number of likely N-dealkylation sites (N-methyl/N-ethyl adjacent to an activating group) is 1. The first-order valence-corrected chi connectivity index (χ1v) is 10.2. The van der Waals surface area contributed by atoms with Crippen LogP contribution in [0.3, 0.4) is 0 Å². The Hall–Kier alpha value is -1.60. The molecule has 0 spiro atoms. The summed E-state index contributed by atoms with van der Waals surface area (Å²) < 4.78 is 23.7. The predicted octanol–water partition coefficient (Wildman–Crippen LogP) is 0.632. The van der Waals surface area contributed by atoms with Crippen molar-refractivity contribution in [1.82, 2.24) is 10.2 Å². The number of para-hydroxylation sites is 1. The number of piperidine rings is 1. The molecule has 0 saturated carbocycles. The van der Waals surface area contributed by atoms with Crippen LogP contribution in [-0.2, 0) is 21.2 Å². The first-order valence-electron chi connectivity index (χ1n) is 8.34. The molecule has 132 valence electrons. The van der Waals surface area contributed by atoms with E-state index in [2.05, 4.69) is 10.2 Å². The van der Waals surface area contributed by atoms with Crippen molar-refractivity contribution in [2.45, 2.75) is 24.1 Å². The highest BCUT2D eigenvalue weighted by Crippen LogP contribution is 2.32. The van der Waals surface area contributed by atoms with Crippen LogP contribution in [0.1, 0.15) is 18.4 Å². The van der Waals surface area contributed by atoms with E-state index in [9.17, 15) is 13.2 Å². The number of nitrogens with one attached hydrogen (secondary N) is 1. The quantitative estimate of drug-likeness (QED) is 0.846. The SMILES string of the molecule is CN1CCN(C(=O)C2(S(C)(=O)=O)CCNCC2)Cc2ccccc21. The molecule has 1 N–H and O–H groups in total. The smallest absolute Gasteiger partial charge is 0.244 e. The van der Waals surface area contributed by atoms with Gasteiger partial charge in [0.1, 0.15) is 0 Å². The second-order valence-corrected chi connectivity index (χ2v) is 9.12. The van der Waals surface area contributed by atoms with Crippen LogP contribution in [0.4, 0.5) is 5.69 Å². The number of nitrogens with zero attached hydrogens (tertiary/aromatic N) is 2. The molecule has 6 nitrogen and oxygen atoms in total. The third-order valence-corrected chi connectivity index (χ3v) is 7.27. The van der Waals surface area contributed by atoms with Gasteiger partial charge >= 0.3 is 0 Å². The third kappa shape index (κ3) is 2.91. The van der Waals surface area contributed by atoms with Gasteiger partial charge in [0.25, 0.3) is 0 Å². The van der Waals surface area contributed by atoms with Crippen molar-refractivity contribution in [3.8, 4) is 0 Å². The van der Waals surface area contributed by atoms with E-state index in [0.717, 1.165) is 11.3 Å². The van der Waals surface area contributed by atoms with Crippen LogP contribution in [0.5, 0.6) is 0 Å². The maximum atomic E-state index is 13.3. The molecule has 1 aromatic carbocycles. The molecule has 0 aromatic heterocycles. The summed E-state index contributed by atoms with van der Waals surface area (Å²) >= 11 is 0. The molecular weight excluding hydrogens is 326 g/mol. The van der Waals surface area contributed by atoms with Gasteiger partial charge in [-0.3, -0.25) is 4.79 Å². The normalized spacial score (nSPS) is 21.1. The number of hydrogen-bond donors (Lipinski definition) is 1. The number of carbonyl (C=O) groups is 1. The molecule has 0 aliphatic carbocycles. The molecule has 0 bridgehead atoms. The van der Waals surface area contributed by atoms with Gasteiger partial charge in [0.2, 0.25) is 5.91 Å². The number of rotatable bonds is 2. The molecule has 24 heavy (non-hydrogen) atoms. The summed E-state index contributed by atoms with van der Waals surface area (Å²) in [5, 5.41) is 3.16. The molecule has 1 saturated heterocycles. The number of hydrogen-bond acceptors (Lipinski definition) is 5. The fraction of sp³-hybridized carbons (Fsp3) is 0.588. The van der Waals surface area contributed by atoms with E-state index >= 15 is 0 Å². The maximum absolute atomic E-state index is 13.3. The van der Waals surface area contributed by atoms with Gasteiger partial charge in [-0.15, -0.1) is 0 Å². The topological polar surface area (TPSA) is 69.7 Å². The van der Waals surface area contributed by atoms with Crippen LogP contribution in [0, 0.1) is 0 Å². The minimum Gasteiger partial charge on any atom is -0.373 e. The third-order valence-electron chi connectivity index (χ3n) is 5.27. The van der Waals surface area contributed by atoms with E-state index in [4.69, 9.17) is 0 Å². The van der Waals surface area contributed by atoms with Crippen LogP contribution in [0.2, 0.25) is 0 Å². The molecular formula is C17H25N3O3S. The monoisotopic (exact) mass is 351 g/mol. The van der Waals surface area contributed by atoms with Gasteiger partial charge in [0, 0.05) is 38.6 Å². The van der Waals surface area contributed by atoms with Crippen LogP contribution < -0.4 is 10.2 Å². The highest BCUT2D eigenvalue weighted by Gasteiger charge is 2.50. The first-order chi connectivity index (χ1) is 11.3. The van der Waals surface area contributed by atoms with Crippen molar-refractivity contribution in [3.05, 3.63) is 29.8 Å². The summed E-state index contributed by atoms with van der Waals surface area (Å²) in [7, 11) is -1.48. The molecule has 7 heteroatoms. The lowest BCUT2D eigenvalue weighted by atomic mass is 9.95. The number of benzene rings is 1. The maximum Gasteiger partial charge on any atom is 0.244 e. The Morgan fingerprint density at radius 3 is 2.50 bits per heavy atom. The highest BCUT2D eigenvalue weighted by atomic mass is 32.2. The van der Waals surface area contributed by atoms with Crippen molar-refractivity contribution in [3.63, 3.8) is 0 Å². The van der Waals surface area contributed by atoms with E-state index in [1.807, 2.05) is 31.3 Å². The van der Waals surface area contributed by atoms with Gasteiger partial charge < -0.3 is 15.1 Å². The Labute approximate surface area is 143 Å². The average molecular weight is 351 g/mol. The fourth-order valence-electron chi connectivity index (χ4n) is 3.73. The van der Waals surface area contributed by atoms with Crippen molar-refractivity contribution >= 4 is 21.4 Å². The lowest BCUT2D eigenvalue weighted by Gasteiger charge is -2.38. The summed E-state index contributed by atoms with van der Waals surface area (Å²) in [6.45, 7) is 2.81. The van der Waals surface area contributed by atoms with Gasteiger partial charge in [-0.1, -0.05) is 18.2 Å². The summed E-state index contributed by atoms with van der Waals surface area (Å²) in [6, 6.07) is 7.99. The molecule has 0 radical (unpaired) electrons. The molecule has 3 rings (SSSR count). The first kappa shape index (κ1) is 17.2. The fourth-order valence-corrected chi connectivity index (χ4v) is 5.12. The number of anilines is 1. The van der Waals surface area contributed by atoms with Gasteiger partial charge in [-0.2, -0.15) is 0 Å². The Morgan fingerprint density at radius 1 is 1.17 bits per heavy atom. The van der Waals surface area contributed by atoms with Gasteiger partial charge in [-0.25, -0.2) is 8.42 Å². The zero-order chi connectivity index (χ0) is 17.4. The van der Waals surface area contributed by atoms with E-state index in [-0.39, 0.29) is 5.91 Å². The standard InChI is InChI=1S/C17H25N3O3S/c1-19-11-12-20(13-14-5-3-4-6-15(14)19)16(21)17(24(2,22)23)7-9-18-10-8-17/h3-6,18H,7-13H2,1-2H3. The van der Waals surface area contributed by atoms with E-state index in [1.165, 1.54) is 6.26 Å². The molecule has 0 unspecified atom stereocenters. The van der Waals surface area contributed by atoms with Crippen LogP contribution in [-0.4, -0.2) is 63.5 Å². The van der Waals surface area contributed by atoms with Crippen molar-refractivity contribution in [2.24, 2.45) is 0 Å². The second kappa shape index (κ2) is 6.37. The Bertz CT molecular complexity index is 726. The van der Waals surface area contributed by atoms with Gasteiger partial charge in [0.15, 0.2) is 14.6 Å². The summed E-state index contributed by atoms with van der Waals surface area (Å²) in [5.74, 6) is -0.239. The Kier molecular flexibility index (Phi) is 4.57. The molecule has 1 fully saturated rings. The second-order valence-electron chi connectivity index (χ2n) is 6.79.